The monoisotopic (exact) mass is 318 g/mol. The van der Waals surface area contributed by atoms with Crippen LogP contribution in [0, 0.1) is 9.49 Å². The third kappa shape index (κ3) is 3.76. The Morgan fingerprint density at radius 1 is 1.33 bits per heavy atom. The number of aliphatic hydroxyl groups is 1. The first-order valence-electron chi connectivity index (χ1n) is 5.44. The van der Waals surface area contributed by atoms with E-state index in [9.17, 15) is 5.11 Å². The van der Waals surface area contributed by atoms with Crippen molar-refractivity contribution < 1.29 is 5.11 Å². The average molecular weight is 318 g/mol. The fourth-order valence-corrected chi connectivity index (χ4v) is 2.11. The van der Waals surface area contributed by atoms with Gasteiger partial charge in [0.25, 0.3) is 0 Å². The maximum absolute atomic E-state index is 10.4. The molecule has 0 aromatic heterocycles. The molecule has 1 unspecified atom stereocenters. The van der Waals surface area contributed by atoms with E-state index in [2.05, 4.69) is 36.4 Å². The molecule has 1 nitrogen and oxygen atoms in total. The lowest BCUT2D eigenvalue weighted by molar-refractivity contribution is 0.0319. The van der Waals surface area contributed by atoms with E-state index in [4.69, 9.17) is 0 Å². The van der Waals surface area contributed by atoms with Gasteiger partial charge in [0.1, 0.15) is 0 Å². The molecule has 0 spiro atoms. The molecular formula is C13H19IO. The molecule has 0 aliphatic rings. The largest absolute Gasteiger partial charge is 0.385 e. The summed E-state index contributed by atoms with van der Waals surface area (Å²) in [7, 11) is 0. The highest BCUT2D eigenvalue weighted by Crippen LogP contribution is 2.29. The first-order chi connectivity index (χ1) is 6.95. The number of benzene rings is 1. The number of hydrogen-bond donors (Lipinski definition) is 1. The summed E-state index contributed by atoms with van der Waals surface area (Å²) in [5, 5.41) is 10.4. The van der Waals surface area contributed by atoms with E-state index in [-0.39, 0.29) is 0 Å². The van der Waals surface area contributed by atoms with Gasteiger partial charge in [-0.1, -0.05) is 32.4 Å². The molecule has 0 heterocycles. The Morgan fingerprint density at radius 2 is 1.87 bits per heavy atom. The Bertz CT molecular complexity index is 303. The lowest BCUT2D eigenvalue weighted by Crippen LogP contribution is -2.23. The van der Waals surface area contributed by atoms with Crippen LogP contribution in [-0.2, 0) is 5.60 Å². The van der Waals surface area contributed by atoms with Crippen LogP contribution in [0.2, 0.25) is 0 Å². The second-order valence-electron chi connectivity index (χ2n) is 4.50. The number of hydrogen-bond acceptors (Lipinski definition) is 1. The first kappa shape index (κ1) is 13.0. The van der Waals surface area contributed by atoms with Gasteiger partial charge in [-0.3, -0.25) is 0 Å². The molecule has 0 amide bonds. The highest BCUT2D eigenvalue weighted by molar-refractivity contribution is 14.1. The molecule has 84 valence electrons. The molecule has 0 aliphatic carbocycles. The first-order valence-corrected chi connectivity index (χ1v) is 6.52. The van der Waals surface area contributed by atoms with Gasteiger partial charge in [0.05, 0.1) is 5.60 Å². The van der Waals surface area contributed by atoms with Gasteiger partial charge in [-0.2, -0.15) is 0 Å². The molecular weight excluding hydrogens is 299 g/mol. The molecule has 0 saturated carbocycles. The lowest BCUT2D eigenvalue weighted by atomic mass is 9.86. The van der Waals surface area contributed by atoms with Crippen molar-refractivity contribution in [1.29, 1.82) is 0 Å². The Hall–Kier alpha value is -0.0900. The molecule has 0 aliphatic heterocycles. The van der Waals surface area contributed by atoms with Gasteiger partial charge in [0.2, 0.25) is 0 Å². The Balaban J connectivity index is 2.80. The average Bonchev–Trinajstić information content (AvgIpc) is 2.17. The molecule has 2 heteroatoms. The van der Waals surface area contributed by atoms with Gasteiger partial charge in [-0.25, -0.2) is 0 Å². The predicted molar refractivity (Wildman–Crippen MR) is 72.8 cm³/mol. The van der Waals surface area contributed by atoms with Gasteiger partial charge >= 0.3 is 0 Å². The van der Waals surface area contributed by atoms with E-state index in [1.165, 1.54) is 3.57 Å². The van der Waals surface area contributed by atoms with E-state index < -0.39 is 5.60 Å². The summed E-state index contributed by atoms with van der Waals surface area (Å²) in [6.07, 6.45) is 1.94. The summed E-state index contributed by atoms with van der Waals surface area (Å²) in [5.74, 6) is 0.555. The minimum absolute atomic E-state index is 0.555. The van der Waals surface area contributed by atoms with Crippen LogP contribution < -0.4 is 0 Å². The fourth-order valence-electron chi connectivity index (χ4n) is 1.75. The number of halogens is 1. The minimum Gasteiger partial charge on any atom is -0.385 e. The molecule has 1 rings (SSSR count). The summed E-state index contributed by atoms with van der Waals surface area (Å²) in [6, 6.07) is 8.12. The van der Waals surface area contributed by atoms with Gasteiger partial charge in [0, 0.05) is 3.57 Å². The topological polar surface area (TPSA) is 20.2 Å². The summed E-state index contributed by atoms with van der Waals surface area (Å²) >= 11 is 2.28. The zero-order chi connectivity index (χ0) is 11.5. The van der Waals surface area contributed by atoms with Crippen molar-refractivity contribution in [3.05, 3.63) is 33.4 Å². The van der Waals surface area contributed by atoms with E-state index >= 15 is 0 Å². The van der Waals surface area contributed by atoms with Gasteiger partial charge in [-0.05, 0) is 59.5 Å². The summed E-state index contributed by atoms with van der Waals surface area (Å²) in [5.41, 5.74) is 0.322. The second kappa shape index (κ2) is 5.30. The zero-order valence-corrected chi connectivity index (χ0v) is 11.8. The highest BCUT2D eigenvalue weighted by atomic mass is 127. The molecule has 1 N–H and O–H groups in total. The van der Waals surface area contributed by atoms with E-state index in [0.717, 1.165) is 18.4 Å². The predicted octanol–water partition coefficient (Wildman–Crippen LogP) is 3.93. The van der Waals surface area contributed by atoms with Crippen molar-refractivity contribution in [3.63, 3.8) is 0 Å². The maximum atomic E-state index is 10.4. The van der Waals surface area contributed by atoms with Crippen LogP contribution >= 0.6 is 22.6 Å². The quantitative estimate of drug-likeness (QED) is 0.834. The summed E-state index contributed by atoms with van der Waals surface area (Å²) < 4.78 is 1.20. The Kier molecular flexibility index (Phi) is 4.59. The molecule has 2 atom stereocenters. The molecule has 1 aromatic carbocycles. The summed E-state index contributed by atoms with van der Waals surface area (Å²) in [4.78, 5) is 0. The lowest BCUT2D eigenvalue weighted by Gasteiger charge is -2.27. The van der Waals surface area contributed by atoms with Crippen LogP contribution in [-0.4, -0.2) is 5.11 Å². The standard InChI is InChI=1S/C13H19IO/c1-4-10(2)9-13(3,15)11-5-7-12(14)8-6-11/h5-8,10,15H,4,9H2,1-3H3/t10?,13-/m1/s1. The van der Waals surface area contributed by atoms with Gasteiger partial charge in [-0.15, -0.1) is 0 Å². The van der Waals surface area contributed by atoms with E-state index in [0.29, 0.717) is 5.92 Å². The van der Waals surface area contributed by atoms with Crippen LogP contribution in [0.5, 0.6) is 0 Å². The highest BCUT2D eigenvalue weighted by Gasteiger charge is 2.24. The van der Waals surface area contributed by atoms with Crippen LogP contribution in [0.1, 0.15) is 39.2 Å². The van der Waals surface area contributed by atoms with E-state index in [1.54, 1.807) is 0 Å². The summed E-state index contributed by atoms with van der Waals surface area (Å²) in [6.45, 7) is 6.25. The van der Waals surface area contributed by atoms with Gasteiger partial charge in [0.15, 0.2) is 0 Å². The van der Waals surface area contributed by atoms with Crippen molar-refractivity contribution in [2.24, 2.45) is 5.92 Å². The van der Waals surface area contributed by atoms with Crippen LogP contribution in [0.3, 0.4) is 0 Å². The zero-order valence-electron chi connectivity index (χ0n) is 9.63. The van der Waals surface area contributed by atoms with Crippen molar-refractivity contribution >= 4 is 22.6 Å². The fraction of sp³-hybridized carbons (Fsp3) is 0.538. The number of rotatable bonds is 4. The van der Waals surface area contributed by atoms with Gasteiger partial charge < -0.3 is 5.11 Å². The molecule has 0 fully saturated rings. The van der Waals surface area contributed by atoms with Crippen molar-refractivity contribution in [1.82, 2.24) is 0 Å². The Labute approximate surface area is 106 Å². The normalized spacial score (nSPS) is 17.1. The van der Waals surface area contributed by atoms with Crippen molar-refractivity contribution in [2.75, 3.05) is 0 Å². The second-order valence-corrected chi connectivity index (χ2v) is 5.74. The third-order valence-corrected chi connectivity index (χ3v) is 3.63. The SMILES string of the molecule is CCC(C)C[C@@](C)(O)c1ccc(I)cc1. The Morgan fingerprint density at radius 3 is 2.33 bits per heavy atom. The van der Waals surface area contributed by atoms with Crippen molar-refractivity contribution in [3.8, 4) is 0 Å². The van der Waals surface area contributed by atoms with Crippen LogP contribution in [0.4, 0.5) is 0 Å². The molecule has 1 aromatic rings. The van der Waals surface area contributed by atoms with Crippen molar-refractivity contribution in [2.45, 2.75) is 39.2 Å². The molecule has 15 heavy (non-hydrogen) atoms. The molecule has 0 saturated heterocycles. The third-order valence-electron chi connectivity index (χ3n) is 2.91. The molecule has 0 bridgehead atoms. The maximum Gasteiger partial charge on any atom is 0.0871 e. The minimum atomic E-state index is -0.695. The molecule has 0 radical (unpaired) electrons. The van der Waals surface area contributed by atoms with Crippen LogP contribution in [0.15, 0.2) is 24.3 Å². The smallest absolute Gasteiger partial charge is 0.0871 e. The van der Waals surface area contributed by atoms with E-state index in [1.807, 2.05) is 31.2 Å². The van der Waals surface area contributed by atoms with Crippen LogP contribution in [0.25, 0.3) is 0 Å².